The molecule has 0 unspecified atom stereocenters. The Morgan fingerprint density at radius 2 is 1.93 bits per heavy atom. The van der Waals surface area contributed by atoms with E-state index in [0.717, 1.165) is 4.90 Å². The first-order chi connectivity index (χ1) is 6.61. The average Bonchev–Trinajstić information content (AvgIpc) is 2.42. The normalized spacial score (nSPS) is 16.1. The summed E-state index contributed by atoms with van der Waals surface area (Å²) in [6.07, 6.45) is 0.780. The molecule has 0 bridgehead atoms. The summed E-state index contributed by atoms with van der Waals surface area (Å²) in [5, 5.41) is 8.86. The fourth-order valence-electron chi connectivity index (χ4n) is 1.23. The summed E-state index contributed by atoms with van der Waals surface area (Å²) < 4.78 is 0. The van der Waals surface area contributed by atoms with Crippen molar-refractivity contribution in [1.29, 1.82) is 0 Å². The number of hydrogen-bond donors (Lipinski definition) is 0. The van der Waals surface area contributed by atoms with Gasteiger partial charge in [0.15, 0.2) is 0 Å². The highest BCUT2D eigenvalue weighted by Crippen LogP contribution is 2.11. The predicted octanol–water partition coefficient (Wildman–Crippen LogP) is -0.266. The van der Waals surface area contributed by atoms with Crippen molar-refractivity contribution in [3.8, 4) is 0 Å². The van der Waals surface area contributed by atoms with Crippen LogP contribution in [0.2, 0.25) is 0 Å². The minimum Gasteiger partial charge on any atom is -0.314 e. The molecule has 0 saturated carbocycles. The lowest BCUT2D eigenvalue weighted by Crippen LogP contribution is -2.30. The lowest BCUT2D eigenvalue weighted by Gasteiger charge is -2.12. The molecule has 78 valence electrons. The first kappa shape index (κ1) is 10.4. The highest BCUT2D eigenvalue weighted by Gasteiger charge is 2.27. The summed E-state index contributed by atoms with van der Waals surface area (Å²) in [6.45, 7) is 0.107. The van der Waals surface area contributed by atoms with Crippen molar-refractivity contribution in [1.82, 2.24) is 4.90 Å². The van der Waals surface area contributed by atoms with E-state index in [1.165, 1.54) is 0 Å². The van der Waals surface area contributed by atoms with E-state index in [0.29, 0.717) is 6.42 Å². The van der Waals surface area contributed by atoms with Gasteiger partial charge < -0.3 is 4.84 Å². The lowest BCUT2D eigenvalue weighted by molar-refractivity contribution is -0.757. The van der Waals surface area contributed by atoms with Gasteiger partial charge in [0.2, 0.25) is 11.8 Å². The molecule has 2 amide bonds. The van der Waals surface area contributed by atoms with Crippen molar-refractivity contribution >= 4 is 11.8 Å². The minimum atomic E-state index is -0.895. The zero-order valence-electron chi connectivity index (χ0n) is 7.47. The monoisotopic (exact) mass is 202 g/mol. The van der Waals surface area contributed by atoms with Crippen molar-refractivity contribution in [3.05, 3.63) is 10.1 Å². The van der Waals surface area contributed by atoms with Gasteiger partial charge in [0.25, 0.3) is 5.09 Å². The van der Waals surface area contributed by atoms with Crippen molar-refractivity contribution in [2.24, 2.45) is 0 Å². The fourth-order valence-corrected chi connectivity index (χ4v) is 1.23. The second-order valence-electron chi connectivity index (χ2n) is 2.85. The molecule has 0 radical (unpaired) electrons. The molecule has 0 N–H and O–H groups in total. The molecular weight excluding hydrogens is 192 g/mol. The van der Waals surface area contributed by atoms with E-state index in [1.54, 1.807) is 0 Å². The maximum Gasteiger partial charge on any atom is 0.294 e. The van der Waals surface area contributed by atoms with Gasteiger partial charge in [-0.3, -0.25) is 14.5 Å². The molecule has 1 rings (SSSR count). The number of likely N-dealkylation sites (tertiary alicyclic amines) is 1. The van der Waals surface area contributed by atoms with E-state index in [4.69, 9.17) is 0 Å². The van der Waals surface area contributed by atoms with Crippen LogP contribution in [0.1, 0.15) is 19.3 Å². The molecule has 0 aromatic carbocycles. The molecular formula is C7H10N2O5. The molecule has 7 heteroatoms. The second kappa shape index (κ2) is 4.54. The third kappa shape index (κ3) is 2.68. The number of nitrogens with zero attached hydrogens (tertiary/aromatic N) is 2. The quantitative estimate of drug-likeness (QED) is 0.265. The maximum absolute atomic E-state index is 11.0. The van der Waals surface area contributed by atoms with Crippen molar-refractivity contribution in [2.45, 2.75) is 19.3 Å². The first-order valence-electron chi connectivity index (χ1n) is 4.22. The Morgan fingerprint density at radius 1 is 1.36 bits per heavy atom. The highest BCUT2D eigenvalue weighted by molar-refractivity contribution is 6.01. The Balaban J connectivity index is 2.20. The largest absolute Gasteiger partial charge is 0.314 e. The number of imide groups is 1. The number of amides is 2. The average molecular weight is 202 g/mol. The van der Waals surface area contributed by atoms with Gasteiger partial charge in [-0.05, 0) is 6.42 Å². The van der Waals surface area contributed by atoms with Gasteiger partial charge >= 0.3 is 0 Å². The fraction of sp³-hybridized carbons (Fsp3) is 0.714. The molecule has 1 aliphatic heterocycles. The SMILES string of the molecule is O=C1CCC(=O)N1CCCO[N+](=O)[O-]. The van der Waals surface area contributed by atoms with Gasteiger partial charge in [-0.2, -0.15) is 0 Å². The molecule has 1 fully saturated rings. The van der Waals surface area contributed by atoms with E-state index in [-0.39, 0.29) is 37.8 Å². The second-order valence-corrected chi connectivity index (χ2v) is 2.85. The number of rotatable bonds is 5. The van der Waals surface area contributed by atoms with Gasteiger partial charge in [0.05, 0.1) is 6.61 Å². The van der Waals surface area contributed by atoms with Crippen LogP contribution in [0, 0.1) is 10.1 Å². The summed E-state index contributed by atoms with van der Waals surface area (Å²) in [4.78, 5) is 37.0. The van der Waals surface area contributed by atoms with E-state index in [9.17, 15) is 19.7 Å². The van der Waals surface area contributed by atoms with Crippen molar-refractivity contribution < 1.29 is 19.5 Å². The standard InChI is InChI=1S/C7H10N2O5/c10-6-2-3-7(11)8(6)4-1-5-14-9(12)13/h1-5H2. The van der Waals surface area contributed by atoms with Gasteiger partial charge in [0, 0.05) is 19.4 Å². The molecule has 14 heavy (non-hydrogen) atoms. The Kier molecular flexibility index (Phi) is 3.38. The zero-order chi connectivity index (χ0) is 10.6. The molecule has 0 aromatic heterocycles. The van der Waals surface area contributed by atoms with Crippen LogP contribution in [0.5, 0.6) is 0 Å². The molecule has 7 nitrogen and oxygen atoms in total. The van der Waals surface area contributed by atoms with E-state index < -0.39 is 5.09 Å². The van der Waals surface area contributed by atoms with Crippen LogP contribution in [0.4, 0.5) is 0 Å². The summed E-state index contributed by atoms with van der Waals surface area (Å²) in [5.74, 6) is -0.424. The molecule has 0 spiro atoms. The Hall–Kier alpha value is -1.66. The third-order valence-corrected chi connectivity index (χ3v) is 1.88. The summed E-state index contributed by atoms with van der Waals surface area (Å²) in [6, 6.07) is 0. The Labute approximate surface area is 79.7 Å². The number of hydrogen-bond acceptors (Lipinski definition) is 5. The predicted molar refractivity (Wildman–Crippen MR) is 43.5 cm³/mol. The summed E-state index contributed by atoms with van der Waals surface area (Å²) >= 11 is 0. The molecule has 0 aromatic rings. The molecule has 0 atom stereocenters. The van der Waals surface area contributed by atoms with Crippen LogP contribution in [0.15, 0.2) is 0 Å². The van der Waals surface area contributed by atoms with E-state index in [1.807, 2.05) is 0 Å². The molecule has 1 heterocycles. The zero-order valence-corrected chi connectivity index (χ0v) is 7.47. The maximum atomic E-state index is 11.0. The molecule has 1 aliphatic rings. The van der Waals surface area contributed by atoms with Crippen LogP contribution in [0.25, 0.3) is 0 Å². The van der Waals surface area contributed by atoms with Crippen LogP contribution in [-0.4, -0.2) is 35.0 Å². The topological polar surface area (TPSA) is 89.8 Å². The smallest absolute Gasteiger partial charge is 0.294 e. The lowest BCUT2D eigenvalue weighted by atomic mass is 10.4. The molecule has 0 aliphatic carbocycles. The van der Waals surface area contributed by atoms with Gasteiger partial charge in [0.1, 0.15) is 0 Å². The highest BCUT2D eigenvalue weighted by atomic mass is 16.9. The van der Waals surface area contributed by atoms with Gasteiger partial charge in [-0.15, -0.1) is 10.1 Å². The van der Waals surface area contributed by atoms with Crippen LogP contribution in [-0.2, 0) is 14.4 Å². The van der Waals surface area contributed by atoms with E-state index in [2.05, 4.69) is 4.84 Å². The van der Waals surface area contributed by atoms with E-state index >= 15 is 0 Å². The van der Waals surface area contributed by atoms with Crippen molar-refractivity contribution in [3.63, 3.8) is 0 Å². The van der Waals surface area contributed by atoms with Crippen LogP contribution < -0.4 is 0 Å². The minimum absolute atomic E-state index is 0.0932. The summed E-state index contributed by atoms with van der Waals surface area (Å²) in [5.41, 5.74) is 0. The number of carbonyl (C=O) groups is 2. The first-order valence-corrected chi connectivity index (χ1v) is 4.22. The Morgan fingerprint density at radius 3 is 2.43 bits per heavy atom. The Bertz CT molecular complexity index is 249. The van der Waals surface area contributed by atoms with Crippen LogP contribution >= 0.6 is 0 Å². The molecule has 1 saturated heterocycles. The van der Waals surface area contributed by atoms with Gasteiger partial charge in [-0.1, -0.05) is 0 Å². The number of carbonyl (C=O) groups excluding carboxylic acids is 2. The third-order valence-electron chi connectivity index (χ3n) is 1.88. The van der Waals surface area contributed by atoms with Gasteiger partial charge in [-0.25, -0.2) is 0 Å². The summed E-state index contributed by atoms with van der Waals surface area (Å²) in [7, 11) is 0. The van der Waals surface area contributed by atoms with Crippen molar-refractivity contribution in [2.75, 3.05) is 13.2 Å². The van der Waals surface area contributed by atoms with Crippen LogP contribution in [0.3, 0.4) is 0 Å².